The van der Waals surface area contributed by atoms with E-state index >= 15 is 0 Å². The fourth-order valence-electron chi connectivity index (χ4n) is 2.62. The highest BCUT2D eigenvalue weighted by Crippen LogP contribution is 2.10. The van der Waals surface area contributed by atoms with Crippen LogP contribution in [0.25, 0.3) is 5.65 Å². The molecule has 0 fully saturated rings. The van der Waals surface area contributed by atoms with Crippen molar-refractivity contribution in [3.8, 4) is 0 Å². The van der Waals surface area contributed by atoms with Gasteiger partial charge in [-0.05, 0) is 38.8 Å². The zero-order valence-corrected chi connectivity index (χ0v) is 16.8. The van der Waals surface area contributed by atoms with Crippen LogP contribution >= 0.6 is 0 Å². The minimum absolute atomic E-state index is 0.0281. The molecule has 0 aliphatic heterocycles. The van der Waals surface area contributed by atoms with E-state index in [0.717, 1.165) is 29.9 Å². The number of imidazole rings is 1. The Morgan fingerprint density at radius 1 is 1.42 bits per heavy atom. The van der Waals surface area contributed by atoms with Gasteiger partial charge in [-0.25, -0.2) is 13.4 Å². The molecule has 0 aliphatic rings. The lowest BCUT2D eigenvalue weighted by Crippen LogP contribution is -2.43. The number of nitrogens with one attached hydrogen (secondary N) is 2. The molecule has 7 nitrogen and oxygen atoms in total. The highest BCUT2D eigenvalue weighted by Gasteiger charge is 2.09. The van der Waals surface area contributed by atoms with Crippen LogP contribution in [-0.4, -0.2) is 54.9 Å². The van der Waals surface area contributed by atoms with Gasteiger partial charge in [0.15, 0.2) is 5.96 Å². The van der Waals surface area contributed by atoms with E-state index in [1.165, 1.54) is 6.26 Å². The van der Waals surface area contributed by atoms with Crippen LogP contribution in [0.15, 0.2) is 29.5 Å². The van der Waals surface area contributed by atoms with Crippen molar-refractivity contribution in [1.29, 1.82) is 0 Å². The number of fused-ring (bicyclic) bond motifs is 1. The topological polar surface area (TPSA) is 87.9 Å². The molecule has 2 aromatic heterocycles. The first-order valence-electron chi connectivity index (χ1n) is 8.94. The van der Waals surface area contributed by atoms with E-state index in [-0.39, 0.29) is 11.8 Å². The third-order valence-corrected chi connectivity index (χ3v) is 4.99. The van der Waals surface area contributed by atoms with Crippen LogP contribution in [0.1, 0.15) is 31.5 Å². The molecule has 0 aliphatic carbocycles. The molecule has 0 radical (unpaired) electrons. The number of guanidine groups is 1. The zero-order valence-electron chi connectivity index (χ0n) is 16.0. The first-order chi connectivity index (χ1) is 12.3. The number of hydrogen-bond acceptors (Lipinski definition) is 4. The second-order valence-corrected chi connectivity index (χ2v) is 8.89. The quantitative estimate of drug-likeness (QED) is 0.537. The average Bonchev–Trinajstić information content (AvgIpc) is 2.97. The van der Waals surface area contributed by atoms with Crippen molar-refractivity contribution in [2.75, 3.05) is 25.1 Å². The van der Waals surface area contributed by atoms with Crippen LogP contribution in [0, 0.1) is 6.92 Å². The van der Waals surface area contributed by atoms with Crippen LogP contribution in [0.3, 0.4) is 0 Å². The Morgan fingerprint density at radius 3 is 2.85 bits per heavy atom. The van der Waals surface area contributed by atoms with Crippen molar-refractivity contribution in [2.24, 2.45) is 4.99 Å². The number of nitrogens with zero attached hydrogens (tertiary/aromatic N) is 3. The first-order valence-corrected chi connectivity index (χ1v) is 11.0. The molecule has 2 heterocycles. The predicted molar refractivity (Wildman–Crippen MR) is 107 cm³/mol. The average molecular weight is 380 g/mol. The van der Waals surface area contributed by atoms with Gasteiger partial charge < -0.3 is 15.0 Å². The lowest BCUT2D eigenvalue weighted by atomic mass is 10.3. The van der Waals surface area contributed by atoms with Gasteiger partial charge >= 0.3 is 0 Å². The maximum atomic E-state index is 11.3. The van der Waals surface area contributed by atoms with E-state index in [1.54, 1.807) is 0 Å². The molecule has 0 saturated carbocycles. The summed E-state index contributed by atoms with van der Waals surface area (Å²) in [5.74, 6) is 0.870. The summed E-state index contributed by atoms with van der Waals surface area (Å²) in [5.41, 5.74) is 3.13. The molecule has 2 aromatic rings. The molecule has 0 bridgehead atoms. The summed E-state index contributed by atoms with van der Waals surface area (Å²) in [6, 6.07) is 4.09. The SMILES string of the molecule is CCNC(=NCCc1cn2cccc(C)c2n1)NC(C)CCS(C)(=O)=O. The van der Waals surface area contributed by atoms with Gasteiger partial charge in [0.05, 0.1) is 11.4 Å². The highest BCUT2D eigenvalue weighted by molar-refractivity contribution is 7.90. The molecule has 0 spiro atoms. The molecule has 0 aromatic carbocycles. The van der Waals surface area contributed by atoms with Gasteiger partial charge in [0.2, 0.25) is 0 Å². The van der Waals surface area contributed by atoms with Crippen molar-refractivity contribution in [2.45, 2.75) is 39.7 Å². The molecule has 26 heavy (non-hydrogen) atoms. The van der Waals surface area contributed by atoms with Gasteiger partial charge in [0, 0.05) is 44.2 Å². The van der Waals surface area contributed by atoms with E-state index in [0.29, 0.717) is 18.9 Å². The number of rotatable bonds is 8. The van der Waals surface area contributed by atoms with Gasteiger partial charge in [-0.1, -0.05) is 6.07 Å². The monoisotopic (exact) mass is 379 g/mol. The van der Waals surface area contributed by atoms with Crippen LogP contribution in [0.2, 0.25) is 0 Å². The summed E-state index contributed by atoms with van der Waals surface area (Å²) in [6.07, 6.45) is 6.59. The Kier molecular flexibility index (Phi) is 7.02. The maximum Gasteiger partial charge on any atom is 0.191 e. The Morgan fingerprint density at radius 2 is 2.19 bits per heavy atom. The number of hydrogen-bond donors (Lipinski definition) is 2. The number of aryl methyl sites for hydroxylation is 1. The summed E-state index contributed by atoms with van der Waals surface area (Å²) in [4.78, 5) is 9.24. The third-order valence-electron chi connectivity index (χ3n) is 4.01. The third kappa shape index (κ3) is 6.33. The first kappa shape index (κ1) is 20.2. The normalized spacial score (nSPS) is 13.8. The molecule has 2 rings (SSSR count). The van der Waals surface area contributed by atoms with Crippen molar-refractivity contribution in [3.05, 3.63) is 35.8 Å². The number of sulfone groups is 1. The van der Waals surface area contributed by atoms with Gasteiger partial charge in [-0.3, -0.25) is 4.99 Å². The maximum absolute atomic E-state index is 11.3. The van der Waals surface area contributed by atoms with Crippen molar-refractivity contribution >= 4 is 21.4 Å². The van der Waals surface area contributed by atoms with Crippen molar-refractivity contribution < 1.29 is 8.42 Å². The van der Waals surface area contributed by atoms with Crippen molar-refractivity contribution in [1.82, 2.24) is 20.0 Å². The second kappa shape index (κ2) is 9.02. The highest BCUT2D eigenvalue weighted by atomic mass is 32.2. The number of pyridine rings is 1. The van der Waals surface area contributed by atoms with Crippen LogP contribution in [0.4, 0.5) is 0 Å². The molecule has 8 heteroatoms. The Labute approximate surface area is 155 Å². The number of aromatic nitrogens is 2. The van der Waals surface area contributed by atoms with E-state index in [1.807, 2.05) is 36.7 Å². The van der Waals surface area contributed by atoms with E-state index in [4.69, 9.17) is 0 Å². The van der Waals surface area contributed by atoms with E-state index < -0.39 is 9.84 Å². The summed E-state index contributed by atoms with van der Waals surface area (Å²) >= 11 is 0. The Bertz CT molecular complexity index is 858. The second-order valence-electron chi connectivity index (χ2n) is 6.63. The largest absolute Gasteiger partial charge is 0.357 e. The van der Waals surface area contributed by atoms with Gasteiger partial charge in [0.25, 0.3) is 0 Å². The smallest absolute Gasteiger partial charge is 0.191 e. The van der Waals surface area contributed by atoms with Gasteiger partial charge in [-0.2, -0.15) is 0 Å². The summed E-state index contributed by atoms with van der Waals surface area (Å²) < 4.78 is 24.6. The van der Waals surface area contributed by atoms with Crippen LogP contribution < -0.4 is 10.6 Å². The summed E-state index contributed by atoms with van der Waals surface area (Å²) in [7, 11) is -2.95. The minimum Gasteiger partial charge on any atom is -0.357 e. The van der Waals surface area contributed by atoms with Gasteiger partial charge in [0.1, 0.15) is 15.5 Å². The molecular weight excluding hydrogens is 350 g/mol. The minimum atomic E-state index is -2.95. The molecular formula is C18H29N5O2S. The molecule has 0 amide bonds. The van der Waals surface area contributed by atoms with E-state index in [2.05, 4.69) is 33.6 Å². The lowest BCUT2D eigenvalue weighted by Gasteiger charge is -2.17. The van der Waals surface area contributed by atoms with Crippen molar-refractivity contribution in [3.63, 3.8) is 0 Å². The molecule has 2 N–H and O–H groups in total. The molecule has 1 atom stereocenters. The Balaban J connectivity index is 1.94. The summed E-state index contributed by atoms with van der Waals surface area (Å²) in [5, 5.41) is 6.46. The molecule has 0 saturated heterocycles. The van der Waals surface area contributed by atoms with Gasteiger partial charge in [-0.15, -0.1) is 0 Å². The summed E-state index contributed by atoms with van der Waals surface area (Å²) in [6.45, 7) is 7.37. The number of aliphatic imine (C=N–C) groups is 1. The molecule has 1 unspecified atom stereocenters. The fraction of sp³-hybridized carbons (Fsp3) is 0.556. The fourth-order valence-corrected chi connectivity index (χ4v) is 3.41. The predicted octanol–water partition coefficient (Wildman–Crippen LogP) is 1.56. The zero-order chi connectivity index (χ0) is 19.2. The van der Waals surface area contributed by atoms with E-state index in [9.17, 15) is 8.42 Å². The van der Waals surface area contributed by atoms with Crippen LogP contribution in [-0.2, 0) is 16.3 Å². The Hall–Kier alpha value is -2.09. The standard InChI is InChI=1S/C18H29N5O2S/c1-5-19-18(21-15(3)9-12-26(4,24)25)20-10-8-16-13-23-11-6-7-14(2)17(23)22-16/h6-7,11,13,15H,5,8-10,12H2,1-4H3,(H2,19,20,21). The molecule has 144 valence electrons. The van der Waals surface area contributed by atoms with Crippen LogP contribution in [0.5, 0.6) is 0 Å². The lowest BCUT2D eigenvalue weighted by molar-refractivity contribution is 0.581.